The van der Waals surface area contributed by atoms with Crippen molar-refractivity contribution in [3.8, 4) is 0 Å². The minimum Gasteiger partial charge on any atom is -0.444 e. The van der Waals surface area contributed by atoms with Crippen molar-refractivity contribution in [1.82, 2.24) is 9.44 Å². The highest BCUT2D eigenvalue weighted by molar-refractivity contribution is 7.88. The molecule has 0 aliphatic heterocycles. The van der Waals surface area contributed by atoms with Crippen LogP contribution in [-0.2, 0) is 26.3 Å². The lowest BCUT2D eigenvalue weighted by Crippen LogP contribution is -2.41. The lowest BCUT2D eigenvalue weighted by Gasteiger charge is -2.10. The average Bonchev–Trinajstić information content (AvgIpc) is 2.45. The van der Waals surface area contributed by atoms with Crippen LogP contribution in [-0.4, -0.2) is 33.8 Å². The van der Waals surface area contributed by atoms with Crippen LogP contribution in [0.15, 0.2) is 30.3 Å². The van der Waals surface area contributed by atoms with Crippen LogP contribution in [0.2, 0.25) is 0 Å². The van der Waals surface area contributed by atoms with E-state index in [1.807, 2.05) is 19.9 Å². The second-order valence-electron chi connectivity index (χ2n) is 4.83. The SMILES string of the molecule is CC(C)OCCCNS(=O)(=O)NC(=O)OCc1ccccc1. The number of rotatable bonds is 9. The van der Waals surface area contributed by atoms with E-state index < -0.39 is 16.3 Å². The minimum absolute atomic E-state index is 0.00439. The zero-order valence-electron chi connectivity index (χ0n) is 12.7. The van der Waals surface area contributed by atoms with Crippen LogP contribution in [0.1, 0.15) is 25.8 Å². The molecular formula is C14H22N2O5S. The van der Waals surface area contributed by atoms with E-state index in [1.54, 1.807) is 29.0 Å². The number of hydrogen-bond acceptors (Lipinski definition) is 5. The van der Waals surface area contributed by atoms with E-state index in [4.69, 9.17) is 9.47 Å². The maximum atomic E-state index is 11.6. The van der Waals surface area contributed by atoms with E-state index in [9.17, 15) is 13.2 Å². The Morgan fingerprint density at radius 3 is 2.55 bits per heavy atom. The maximum absolute atomic E-state index is 11.6. The first kappa shape index (κ1) is 18.4. The van der Waals surface area contributed by atoms with E-state index in [1.165, 1.54) is 0 Å². The van der Waals surface area contributed by atoms with Crippen molar-refractivity contribution < 1.29 is 22.7 Å². The van der Waals surface area contributed by atoms with Crippen molar-refractivity contribution in [2.75, 3.05) is 13.2 Å². The predicted molar refractivity (Wildman–Crippen MR) is 82.4 cm³/mol. The first-order valence-electron chi connectivity index (χ1n) is 6.99. The average molecular weight is 330 g/mol. The largest absolute Gasteiger partial charge is 0.444 e. The van der Waals surface area contributed by atoms with Gasteiger partial charge in [-0.05, 0) is 25.8 Å². The molecular weight excluding hydrogens is 308 g/mol. The highest BCUT2D eigenvalue weighted by atomic mass is 32.2. The number of carbonyl (C=O) groups is 1. The number of ether oxygens (including phenoxy) is 2. The van der Waals surface area contributed by atoms with Gasteiger partial charge in [-0.15, -0.1) is 0 Å². The number of hydrogen-bond donors (Lipinski definition) is 2. The molecule has 0 radical (unpaired) electrons. The van der Waals surface area contributed by atoms with Crippen LogP contribution in [0, 0.1) is 0 Å². The monoisotopic (exact) mass is 330 g/mol. The van der Waals surface area contributed by atoms with Gasteiger partial charge < -0.3 is 9.47 Å². The van der Waals surface area contributed by atoms with Crippen LogP contribution < -0.4 is 9.44 Å². The Morgan fingerprint density at radius 2 is 1.91 bits per heavy atom. The van der Waals surface area contributed by atoms with Gasteiger partial charge in [-0.25, -0.2) is 9.52 Å². The molecule has 124 valence electrons. The predicted octanol–water partition coefficient (Wildman–Crippen LogP) is 1.56. The lowest BCUT2D eigenvalue weighted by molar-refractivity contribution is 0.0778. The molecule has 1 amide bonds. The Morgan fingerprint density at radius 1 is 1.23 bits per heavy atom. The minimum atomic E-state index is -3.92. The molecule has 0 fully saturated rings. The molecule has 0 unspecified atom stereocenters. The number of carbonyl (C=O) groups excluding carboxylic acids is 1. The van der Waals surface area contributed by atoms with Crippen molar-refractivity contribution >= 4 is 16.3 Å². The van der Waals surface area contributed by atoms with E-state index >= 15 is 0 Å². The van der Waals surface area contributed by atoms with Crippen LogP contribution in [0.5, 0.6) is 0 Å². The fourth-order valence-electron chi connectivity index (χ4n) is 1.50. The number of nitrogens with one attached hydrogen (secondary N) is 2. The van der Waals surface area contributed by atoms with Gasteiger partial charge in [0, 0.05) is 13.2 Å². The van der Waals surface area contributed by atoms with Gasteiger partial charge in [0.1, 0.15) is 6.61 Å². The van der Waals surface area contributed by atoms with Crippen molar-refractivity contribution in [3.63, 3.8) is 0 Å². The Bertz CT molecular complexity index is 546. The first-order valence-corrected chi connectivity index (χ1v) is 8.47. The lowest BCUT2D eigenvalue weighted by atomic mass is 10.2. The van der Waals surface area contributed by atoms with Crippen LogP contribution in [0.25, 0.3) is 0 Å². The van der Waals surface area contributed by atoms with Gasteiger partial charge in [-0.1, -0.05) is 30.3 Å². The maximum Gasteiger partial charge on any atom is 0.422 e. The topological polar surface area (TPSA) is 93.7 Å². The molecule has 0 aliphatic rings. The van der Waals surface area contributed by atoms with Crippen molar-refractivity contribution in [3.05, 3.63) is 35.9 Å². The van der Waals surface area contributed by atoms with Crippen LogP contribution >= 0.6 is 0 Å². The van der Waals surface area contributed by atoms with Gasteiger partial charge >= 0.3 is 16.3 Å². The molecule has 0 bridgehead atoms. The standard InChI is InChI=1S/C14H22N2O5S/c1-12(2)20-10-6-9-15-22(18,19)16-14(17)21-11-13-7-4-3-5-8-13/h3-5,7-8,12,15H,6,9-11H2,1-2H3,(H,16,17). The molecule has 0 aromatic heterocycles. The molecule has 0 saturated carbocycles. The van der Waals surface area contributed by atoms with Crippen molar-refractivity contribution in [2.24, 2.45) is 0 Å². The molecule has 0 saturated heterocycles. The Hall–Kier alpha value is -1.64. The van der Waals surface area contributed by atoms with Crippen molar-refractivity contribution in [1.29, 1.82) is 0 Å². The van der Waals surface area contributed by atoms with Gasteiger partial charge in [0.15, 0.2) is 0 Å². The van der Waals surface area contributed by atoms with Gasteiger partial charge in [-0.3, -0.25) is 0 Å². The van der Waals surface area contributed by atoms with E-state index in [0.717, 1.165) is 5.56 Å². The molecule has 0 heterocycles. The van der Waals surface area contributed by atoms with Gasteiger partial charge in [0.2, 0.25) is 0 Å². The second-order valence-corrected chi connectivity index (χ2v) is 6.33. The van der Waals surface area contributed by atoms with Gasteiger partial charge in [-0.2, -0.15) is 13.1 Å². The molecule has 2 N–H and O–H groups in total. The van der Waals surface area contributed by atoms with Crippen LogP contribution in [0.4, 0.5) is 4.79 Å². The third kappa shape index (κ3) is 8.60. The fraction of sp³-hybridized carbons (Fsp3) is 0.500. The zero-order valence-corrected chi connectivity index (χ0v) is 13.6. The summed E-state index contributed by atoms with van der Waals surface area (Å²) >= 11 is 0. The Labute approximate surface area is 131 Å². The summed E-state index contributed by atoms with van der Waals surface area (Å²) in [5.41, 5.74) is 0.772. The summed E-state index contributed by atoms with van der Waals surface area (Å²) in [6.45, 7) is 4.42. The Balaban J connectivity index is 2.24. The summed E-state index contributed by atoms with van der Waals surface area (Å²) in [4.78, 5) is 11.4. The summed E-state index contributed by atoms with van der Waals surface area (Å²) < 4.78 is 37.3. The van der Waals surface area contributed by atoms with Crippen molar-refractivity contribution in [2.45, 2.75) is 33.0 Å². The first-order chi connectivity index (χ1) is 10.4. The molecule has 7 nitrogen and oxygen atoms in total. The smallest absolute Gasteiger partial charge is 0.422 e. The highest BCUT2D eigenvalue weighted by Crippen LogP contribution is 2.00. The van der Waals surface area contributed by atoms with Crippen LogP contribution in [0.3, 0.4) is 0 Å². The molecule has 1 aromatic carbocycles. The fourth-order valence-corrected chi connectivity index (χ4v) is 2.26. The highest BCUT2D eigenvalue weighted by Gasteiger charge is 2.14. The third-order valence-corrected chi connectivity index (χ3v) is 3.51. The molecule has 8 heteroatoms. The summed E-state index contributed by atoms with van der Waals surface area (Å²) in [6.07, 6.45) is -0.407. The zero-order chi connectivity index (χ0) is 16.4. The van der Waals surface area contributed by atoms with Gasteiger partial charge in [0.05, 0.1) is 6.10 Å². The molecule has 0 spiro atoms. The number of benzene rings is 1. The quantitative estimate of drug-likeness (QED) is 0.670. The summed E-state index contributed by atoms with van der Waals surface area (Å²) in [5, 5.41) is 0. The normalized spacial score (nSPS) is 11.4. The molecule has 1 rings (SSSR count). The van der Waals surface area contributed by atoms with Gasteiger partial charge in [0.25, 0.3) is 0 Å². The molecule has 1 aromatic rings. The molecule has 22 heavy (non-hydrogen) atoms. The summed E-state index contributed by atoms with van der Waals surface area (Å²) in [6, 6.07) is 8.98. The van der Waals surface area contributed by atoms with E-state index in [0.29, 0.717) is 13.0 Å². The molecule has 0 aliphatic carbocycles. The Kier molecular flexibility index (Phi) is 7.86. The summed E-state index contributed by atoms with van der Waals surface area (Å²) in [5.74, 6) is 0. The van der Waals surface area contributed by atoms with E-state index in [-0.39, 0.29) is 19.3 Å². The third-order valence-electron chi connectivity index (χ3n) is 2.49. The van der Waals surface area contributed by atoms with E-state index in [2.05, 4.69) is 4.72 Å². The number of amides is 1. The molecule has 0 atom stereocenters. The summed E-state index contributed by atoms with van der Waals surface area (Å²) in [7, 11) is -3.92. The second kappa shape index (κ2) is 9.39.